The van der Waals surface area contributed by atoms with Crippen LogP contribution >= 0.6 is 11.3 Å². The Labute approximate surface area is 153 Å². The first-order chi connectivity index (χ1) is 12.7. The number of nitrogens with one attached hydrogen (secondary N) is 1. The molecule has 1 amide bonds. The predicted molar refractivity (Wildman–Crippen MR) is 99.5 cm³/mol. The monoisotopic (exact) mass is 366 g/mol. The van der Waals surface area contributed by atoms with E-state index in [1.165, 1.54) is 23.9 Å². The molecule has 0 saturated carbocycles. The van der Waals surface area contributed by atoms with Crippen LogP contribution < -0.4 is 11.2 Å². The van der Waals surface area contributed by atoms with E-state index in [0.717, 1.165) is 15.8 Å². The van der Waals surface area contributed by atoms with Crippen molar-refractivity contribution in [2.45, 2.75) is 6.92 Å². The fourth-order valence-electron chi connectivity index (χ4n) is 1.94. The largest absolute Gasteiger partial charge is 0.323 e. The summed E-state index contributed by atoms with van der Waals surface area (Å²) in [5, 5.41) is 19.8. The van der Waals surface area contributed by atoms with Gasteiger partial charge >= 0.3 is 0 Å². The van der Waals surface area contributed by atoms with Gasteiger partial charge in [-0.2, -0.15) is 5.10 Å². The van der Waals surface area contributed by atoms with Gasteiger partial charge in [-0.15, -0.1) is 0 Å². The number of thiazole rings is 1. The van der Waals surface area contributed by atoms with Crippen LogP contribution in [0.5, 0.6) is 0 Å². The topological polar surface area (TPSA) is 154 Å². The highest BCUT2D eigenvalue weighted by Crippen LogP contribution is 2.27. The van der Waals surface area contributed by atoms with Crippen LogP contribution in [-0.4, -0.2) is 27.1 Å². The van der Waals surface area contributed by atoms with Crippen LogP contribution in [0, 0.1) is 30.6 Å². The second kappa shape index (κ2) is 10.1. The molecule has 2 aromatic heterocycles. The van der Waals surface area contributed by atoms with E-state index in [1.807, 2.05) is 18.2 Å². The first-order valence-electron chi connectivity index (χ1n) is 6.91. The lowest BCUT2D eigenvalue weighted by Gasteiger charge is -2.02. The lowest BCUT2D eigenvalue weighted by Crippen LogP contribution is -2.14. The van der Waals surface area contributed by atoms with E-state index in [-0.39, 0.29) is 5.91 Å². The van der Waals surface area contributed by atoms with Crippen LogP contribution in [0.2, 0.25) is 0 Å². The Morgan fingerprint density at radius 1 is 1.35 bits per heavy atom. The summed E-state index contributed by atoms with van der Waals surface area (Å²) in [7, 11) is 0. The number of amides is 1. The lowest BCUT2D eigenvalue weighted by atomic mass is 10.2. The molecule has 0 aliphatic heterocycles. The quantitative estimate of drug-likeness (QED) is 0.409. The normalized spacial score (nSPS) is 9.58. The van der Waals surface area contributed by atoms with Crippen LogP contribution in [0.25, 0.3) is 10.2 Å². The van der Waals surface area contributed by atoms with Crippen LogP contribution in [-0.2, 0) is 0 Å². The summed E-state index contributed by atoms with van der Waals surface area (Å²) in [6.07, 6.45) is 4.45. The molecule has 0 fully saturated rings. The molecule has 0 bridgehead atoms. The Morgan fingerprint density at radius 3 is 2.73 bits per heavy atom. The van der Waals surface area contributed by atoms with Crippen molar-refractivity contribution in [2.75, 3.05) is 5.32 Å². The molecule has 0 spiro atoms. The number of hydrogen-bond donors (Lipinski definition) is 2. The standard InChI is InChI=1S/C14H12N6OS.2CHN/c1-8-10(6-16-7-17-8)13(21)20-14-19-11-3-2-9(5-18-15)4-12(11)22-14;2*1-2/h2-7H,15H2,1H3,(H,19,20,21);2*1H. The average Bonchev–Trinajstić information content (AvgIpc) is 3.07. The number of rotatable bonds is 3. The fraction of sp³-hybridized carbons (Fsp3) is 0.0625. The summed E-state index contributed by atoms with van der Waals surface area (Å²) in [4.78, 5) is 24.5. The molecule has 0 aliphatic rings. The SMILES string of the molecule is C#N.C#N.Cc1ncncc1C(=O)Nc1nc2ccc(C=NN)cc2s1. The second-order valence-corrected chi connectivity index (χ2v) is 5.53. The van der Waals surface area contributed by atoms with E-state index in [2.05, 4.69) is 38.5 Å². The van der Waals surface area contributed by atoms with Gasteiger partial charge in [0.1, 0.15) is 6.33 Å². The molecule has 0 atom stereocenters. The highest BCUT2D eigenvalue weighted by atomic mass is 32.1. The van der Waals surface area contributed by atoms with Gasteiger partial charge in [-0.3, -0.25) is 10.1 Å². The maximum absolute atomic E-state index is 12.2. The first-order valence-corrected chi connectivity index (χ1v) is 7.72. The number of hydrazone groups is 1. The van der Waals surface area contributed by atoms with Crippen molar-refractivity contribution in [1.82, 2.24) is 15.0 Å². The molecule has 26 heavy (non-hydrogen) atoms. The molecule has 0 radical (unpaired) electrons. The Balaban J connectivity index is 0.000000791. The van der Waals surface area contributed by atoms with Crippen LogP contribution in [0.3, 0.4) is 0 Å². The number of carbonyl (C=O) groups is 1. The van der Waals surface area contributed by atoms with Crippen molar-refractivity contribution in [1.29, 1.82) is 10.5 Å². The van der Waals surface area contributed by atoms with Gasteiger partial charge in [-0.05, 0) is 24.6 Å². The summed E-state index contributed by atoms with van der Waals surface area (Å²) >= 11 is 1.38. The molecule has 0 saturated heterocycles. The minimum Gasteiger partial charge on any atom is -0.323 e. The number of aryl methyl sites for hydroxylation is 1. The Kier molecular flexibility index (Phi) is 7.81. The number of nitrogens with zero attached hydrogens (tertiary/aromatic N) is 6. The maximum Gasteiger partial charge on any atom is 0.260 e. The van der Waals surface area contributed by atoms with Gasteiger partial charge in [0.25, 0.3) is 5.91 Å². The van der Waals surface area contributed by atoms with Gasteiger partial charge in [-0.1, -0.05) is 17.4 Å². The van der Waals surface area contributed by atoms with Crippen molar-refractivity contribution in [3.05, 3.63) is 47.5 Å². The number of carbonyl (C=O) groups excluding carboxylic acids is 1. The summed E-state index contributed by atoms with van der Waals surface area (Å²) in [6, 6.07) is 5.63. The maximum atomic E-state index is 12.2. The van der Waals surface area contributed by atoms with E-state index >= 15 is 0 Å². The van der Waals surface area contributed by atoms with E-state index < -0.39 is 0 Å². The van der Waals surface area contributed by atoms with Gasteiger partial charge in [0.15, 0.2) is 5.13 Å². The summed E-state index contributed by atoms with van der Waals surface area (Å²) in [5.74, 6) is 4.87. The molecule has 10 heteroatoms. The summed E-state index contributed by atoms with van der Waals surface area (Å²) in [6.45, 7) is 8.76. The first kappa shape index (κ1) is 20.2. The molecule has 1 aromatic carbocycles. The van der Waals surface area contributed by atoms with Gasteiger partial charge in [0.2, 0.25) is 0 Å². The van der Waals surface area contributed by atoms with E-state index in [9.17, 15) is 4.79 Å². The molecular formula is C16H14N8OS. The third-order valence-corrected chi connectivity index (χ3v) is 3.95. The van der Waals surface area contributed by atoms with Gasteiger partial charge < -0.3 is 5.84 Å². The number of nitriles is 2. The molecule has 3 aromatic rings. The molecule has 0 unspecified atom stereocenters. The number of hydrogen-bond acceptors (Lipinski definition) is 9. The van der Waals surface area contributed by atoms with Gasteiger partial charge in [-0.25, -0.2) is 25.5 Å². The smallest absolute Gasteiger partial charge is 0.260 e. The number of anilines is 1. The number of benzene rings is 1. The fourth-order valence-corrected chi connectivity index (χ4v) is 2.85. The molecule has 0 aliphatic carbocycles. The molecule has 2 heterocycles. The van der Waals surface area contributed by atoms with Crippen LogP contribution in [0.1, 0.15) is 21.6 Å². The Morgan fingerprint density at radius 2 is 2.08 bits per heavy atom. The van der Waals surface area contributed by atoms with Gasteiger partial charge in [0.05, 0.1) is 27.7 Å². The van der Waals surface area contributed by atoms with Crippen molar-refractivity contribution in [3.8, 4) is 13.1 Å². The molecule has 9 nitrogen and oxygen atoms in total. The zero-order valence-corrected chi connectivity index (χ0v) is 14.5. The van der Waals surface area contributed by atoms with Crippen molar-refractivity contribution < 1.29 is 4.79 Å². The minimum absolute atomic E-state index is 0.277. The molecule has 3 N–H and O–H groups in total. The third-order valence-electron chi connectivity index (χ3n) is 3.01. The lowest BCUT2D eigenvalue weighted by molar-refractivity contribution is 0.102. The average molecular weight is 366 g/mol. The zero-order chi connectivity index (χ0) is 19.5. The van der Waals surface area contributed by atoms with E-state index in [1.54, 1.807) is 13.1 Å². The third kappa shape index (κ3) is 4.80. The highest BCUT2D eigenvalue weighted by molar-refractivity contribution is 7.22. The molecular weight excluding hydrogens is 352 g/mol. The number of nitrogens with two attached hydrogens (primary N) is 1. The van der Waals surface area contributed by atoms with Crippen molar-refractivity contribution >= 4 is 38.8 Å². The van der Waals surface area contributed by atoms with Crippen molar-refractivity contribution in [3.63, 3.8) is 0 Å². The number of fused-ring (bicyclic) bond motifs is 1. The summed E-state index contributed by atoms with van der Waals surface area (Å²) in [5.41, 5.74) is 2.73. The highest BCUT2D eigenvalue weighted by Gasteiger charge is 2.13. The van der Waals surface area contributed by atoms with E-state index in [4.69, 9.17) is 16.4 Å². The molecule has 3 rings (SSSR count). The zero-order valence-electron chi connectivity index (χ0n) is 13.7. The second-order valence-electron chi connectivity index (χ2n) is 4.50. The minimum atomic E-state index is -0.277. The number of aromatic nitrogens is 3. The Hall–Kier alpha value is -3.89. The Bertz CT molecular complexity index is 954. The predicted octanol–water partition coefficient (Wildman–Crippen LogP) is 2.22. The van der Waals surface area contributed by atoms with Crippen molar-refractivity contribution in [2.24, 2.45) is 10.9 Å². The van der Waals surface area contributed by atoms with Gasteiger partial charge in [0, 0.05) is 19.3 Å². The van der Waals surface area contributed by atoms with Crippen LogP contribution in [0.4, 0.5) is 5.13 Å². The van der Waals surface area contributed by atoms with E-state index in [0.29, 0.717) is 16.4 Å². The summed E-state index contributed by atoms with van der Waals surface area (Å²) < 4.78 is 0.939. The molecule has 130 valence electrons. The van der Waals surface area contributed by atoms with Crippen LogP contribution in [0.15, 0.2) is 35.8 Å².